The molecule has 2 N–H and O–H groups in total. The average molecular weight is 422 g/mol. The van der Waals surface area contributed by atoms with Crippen LogP contribution in [0.5, 0.6) is 0 Å². The van der Waals surface area contributed by atoms with Crippen LogP contribution >= 0.6 is 24.0 Å². The van der Waals surface area contributed by atoms with Crippen LogP contribution in [0.25, 0.3) is 0 Å². The number of aromatic nitrogens is 1. The number of halogens is 1. The van der Waals surface area contributed by atoms with Gasteiger partial charge in [0, 0.05) is 25.1 Å². The smallest absolute Gasteiger partial charge is 0.191 e. The van der Waals surface area contributed by atoms with Crippen LogP contribution in [0.1, 0.15) is 64.8 Å². The molecule has 1 aromatic heterocycles. The maximum atomic E-state index is 5.39. The summed E-state index contributed by atoms with van der Waals surface area (Å²) in [6, 6.07) is 2.03. The zero-order valence-corrected chi connectivity index (χ0v) is 16.8. The molecule has 0 radical (unpaired) electrons. The number of hydrogen-bond donors (Lipinski definition) is 2. The number of guanidine groups is 1. The van der Waals surface area contributed by atoms with Gasteiger partial charge in [0.25, 0.3) is 0 Å². The van der Waals surface area contributed by atoms with Crippen molar-refractivity contribution in [3.63, 3.8) is 0 Å². The van der Waals surface area contributed by atoms with Gasteiger partial charge in [0.05, 0.1) is 5.69 Å². The highest BCUT2D eigenvalue weighted by atomic mass is 127. The first-order valence-corrected chi connectivity index (χ1v) is 8.08. The first-order chi connectivity index (χ1) is 10.1. The number of nitrogens with zero attached hydrogens (tertiary/aromatic N) is 2. The van der Waals surface area contributed by atoms with E-state index in [-0.39, 0.29) is 24.0 Å². The molecule has 0 saturated heterocycles. The minimum absolute atomic E-state index is 0. The quantitative estimate of drug-likeness (QED) is 0.379. The van der Waals surface area contributed by atoms with E-state index in [0.717, 1.165) is 43.3 Å². The van der Waals surface area contributed by atoms with E-state index in [0.29, 0.717) is 18.4 Å². The molecular weight excluding hydrogens is 391 g/mol. The molecule has 1 rings (SSSR count). The van der Waals surface area contributed by atoms with Gasteiger partial charge in [-0.05, 0) is 25.7 Å². The first kappa shape index (κ1) is 21.2. The molecule has 0 atom stereocenters. The van der Waals surface area contributed by atoms with E-state index in [1.54, 1.807) is 0 Å². The second-order valence-electron chi connectivity index (χ2n) is 5.70. The molecule has 0 fully saturated rings. The molecular formula is C16H31IN4O. The van der Waals surface area contributed by atoms with Gasteiger partial charge in [0.15, 0.2) is 11.7 Å². The molecule has 0 aliphatic carbocycles. The van der Waals surface area contributed by atoms with E-state index in [4.69, 9.17) is 4.52 Å². The largest absolute Gasteiger partial charge is 0.359 e. The van der Waals surface area contributed by atoms with Crippen LogP contribution in [0, 0.1) is 5.92 Å². The van der Waals surface area contributed by atoms with Crippen LogP contribution in [0.2, 0.25) is 0 Å². The summed E-state index contributed by atoms with van der Waals surface area (Å²) in [7, 11) is 0. The lowest BCUT2D eigenvalue weighted by Crippen LogP contribution is -2.39. The van der Waals surface area contributed by atoms with Gasteiger partial charge in [-0.25, -0.2) is 4.99 Å². The molecule has 128 valence electrons. The average Bonchev–Trinajstić information content (AvgIpc) is 2.92. The Kier molecular flexibility index (Phi) is 11.3. The van der Waals surface area contributed by atoms with Gasteiger partial charge in [-0.1, -0.05) is 32.9 Å². The van der Waals surface area contributed by atoms with Crippen LogP contribution in [0.4, 0.5) is 0 Å². The molecule has 1 heterocycles. The van der Waals surface area contributed by atoms with Crippen molar-refractivity contribution in [3.8, 4) is 0 Å². The minimum atomic E-state index is 0. The zero-order chi connectivity index (χ0) is 15.7. The van der Waals surface area contributed by atoms with Gasteiger partial charge in [-0.3, -0.25) is 0 Å². The van der Waals surface area contributed by atoms with E-state index in [9.17, 15) is 0 Å². The van der Waals surface area contributed by atoms with Crippen molar-refractivity contribution in [2.75, 3.05) is 13.1 Å². The molecule has 0 aliphatic heterocycles. The number of aliphatic imine (C=N–C) groups is 1. The highest BCUT2D eigenvalue weighted by Gasteiger charge is 2.12. The first-order valence-electron chi connectivity index (χ1n) is 8.08. The van der Waals surface area contributed by atoms with Crippen molar-refractivity contribution in [3.05, 3.63) is 17.5 Å². The summed E-state index contributed by atoms with van der Waals surface area (Å²) in [6.45, 7) is 13.0. The van der Waals surface area contributed by atoms with Crippen LogP contribution in [0.15, 0.2) is 15.6 Å². The third-order valence-corrected chi connectivity index (χ3v) is 3.40. The highest BCUT2D eigenvalue weighted by Crippen LogP contribution is 2.22. The van der Waals surface area contributed by atoms with E-state index in [1.165, 1.54) is 0 Å². The highest BCUT2D eigenvalue weighted by molar-refractivity contribution is 14.0. The Labute approximate surface area is 151 Å². The van der Waals surface area contributed by atoms with Gasteiger partial charge in [-0.2, -0.15) is 0 Å². The molecule has 6 heteroatoms. The molecule has 0 saturated carbocycles. The molecule has 0 aliphatic rings. The molecule has 0 bridgehead atoms. The van der Waals surface area contributed by atoms with Crippen LogP contribution < -0.4 is 10.6 Å². The molecule has 0 amide bonds. The summed E-state index contributed by atoms with van der Waals surface area (Å²) in [5, 5.41) is 10.7. The Morgan fingerprint density at radius 2 is 1.91 bits per heavy atom. The van der Waals surface area contributed by atoms with Crippen molar-refractivity contribution >= 4 is 29.9 Å². The molecule has 0 unspecified atom stereocenters. The molecule has 0 aromatic carbocycles. The Morgan fingerprint density at radius 1 is 1.23 bits per heavy atom. The lowest BCUT2D eigenvalue weighted by atomic mass is 9.99. The summed E-state index contributed by atoms with van der Waals surface area (Å²) < 4.78 is 5.39. The Morgan fingerprint density at radius 3 is 2.45 bits per heavy atom. The molecule has 22 heavy (non-hydrogen) atoms. The van der Waals surface area contributed by atoms with Gasteiger partial charge in [0.2, 0.25) is 0 Å². The number of nitrogens with one attached hydrogen (secondary N) is 2. The predicted molar refractivity (Wildman–Crippen MR) is 103 cm³/mol. The van der Waals surface area contributed by atoms with Gasteiger partial charge >= 0.3 is 0 Å². The molecule has 0 spiro atoms. The normalized spacial score (nSPS) is 11.7. The van der Waals surface area contributed by atoms with Crippen molar-refractivity contribution in [2.24, 2.45) is 10.9 Å². The van der Waals surface area contributed by atoms with Crippen molar-refractivity contribution in [1.29, 1.82) is 0 Å². The van der Waals surface area contributed by atoms with Crippen LogP contribution in [-0.4, -0.2) is 24.2 Å². The molecule has 5 nitrogen and oxygen atoms in total. The Bertz CT molecular complexity index is 428. The van der Waals surface area contributed by atoms with E-state index in [2.05, 4.69) is 55.4 Å². The maximum absolute atomic E-state index is 5.39. The third kappa shape index (κ3) is 7.47. The summed E-state index contributed by atoms with van der Waals surface area (Å²) in [6.07, 6.45) is 2.18. The second kappa shape index (κ2) is 11.7. The van der Waals surface area contributed by atoms with Gasteiger partial charge in [0.1, 0.15) is 6.54 Å². The third-order valence-electron chi connectivity index (χ3n) is 3.40. The molecule has 1 aromatic rings. The van der Waals surface area contributed by atoms with E-state index in [1.807, 2.05) is 6.07 Å². The van der Waals surface area contributed by atoms with E-state index >= 15 is 0 Å². The lowest BCUT2D eigenvalue weighted by molar-refractivity contribution is 0.372. The number of hydrogen-bond acceptors (Lipinski definition) is 3. The van der Waals surface area contributed by atoms with Crippen LogP contribution in [-0.2, 0) is 6.54 Å². The van der Waals surface area contributed by atoms with Gasteiger partial charge < -0.3 is 15.2 Å². The minimum Gasteiger partial charge on any atom is -0.359 e. The summed E-state index contributed by atoms with van der Waals surface area (Å²) >= 11 is 0. The lowest BCUT2D eigenvalue weighted by Gasteiger charge is -2.12. The SMILES string of the molecule is CCNC(=NCc1cc(C(CC)CC)no1)NCC(C)C.I. The van der Waals surface area contributed by atoms with Crippen molar-refractivity contribution in [2.45, 2.75) is 59.9 Å². The van der Waals surface area contributed by atoms with Gasteiger partial charge in [-0.15, -0.1) is 24.0 Å². The van der Waals surface area contributed by atoms with Crippen molar-refractivity contribution < 1.29 is 4.52 Å². The summed E-state index contributed by atoms with van der Waals surface area (Å²) in [5.41, 5.74) is 1.05. The maximum Gasteiger partial charge on any atom is 0.191 e. The topological polar surface area (TPSA) is 62.5 Å². The fourth-order valence-corrected chi connectivity index (χ4v) is 2.10. The Balaban J connectivity index is 0.00000441. The van der Waals surface area contributed by atoms with Crippen LogP contribution in [0.3, 0.4) is 0 Å². The summed E-state index contributed by atoms with van der Waals surface area (Å²) in [5.74, 6) is 2.71. The predicted octanol–water partition coefficient (Wildman–Crippen LogP) is 3.91. The Hall–Kier alpha value is -0.790. The van der Waals surface area contributed by atoms with E-state index < -0.39 is 0 Å². The standard InChI is InChI=1S/C16H30N4O.HI/c1-6-13(7-2)15-9-14(21-20-15)11-19-16(17-8-3)18-10-12(4)5;/h9,12-13H,6-8,10-11H2,1-5H3,(H2,17,18,19);1H. The fourth-order valence-electron chi connectivity index (χ4n) is 2.10. The zero-order valence-electron chi connectivity index (χ0n) is 14.5. The second-order valence-corrected chi connectivity index (χ2v) is 5.70. The summed E-state index contributed by atoms with van der Waals surface area (Å²) in [4.78, 5) is 4.54. The fraction of sp³-hybridized carbons (Fsp3) is 0.750. The number of rotatable bonds is 8. The van der Waals surface area contributed by atoms with Crippen molar-refractivity contribution in [1.82, 2.24) is 15.8 Å². The monoisotopic (exact) mass is 422 g/mol.